The van der Waals surface area contributed by atoms with Crippen LogP contribution in [0.5, 0.6) is 5.75 Å². The normalized spacial score (nSPS) is 11.2. The number of benzene rings is 3. The first kappa shape index (κ1) is 22.3. The van der Waals surface area contributed by atoms with Crippen LogP contribution < -0.4 is 15.2 Å². The van der Waals surface area contributed by atoms with E-state index in [-0.39, 0.29) is 23.0 Å². The molecule has 0 aliphatic heterocycles. The van der Waals surface area contributed by atoms with Gasteiger partial charge in [0.15, 0.2) is 5.69 Å². The van der Waals surface area contributed by atoms with Gasteiger partial charge in [-0.05, 0) is 61.5 Å². The summed E-state index contributed by atoms with van der Waals surface area (Å²) in [7, 11) is 3.36. The van der Waals surface area contributed by atoms with E-state index in [2.05, 4.69) is 5.10 Å². The molecule has 8 heteroatoms. The number of hydrogen-bond acceptors (Lipinski definition) is 4. The smallest absolute Gasteiger partial charge is 0.296 e. The van der Waals surface area contributed by atoms with Gasteiger partial charge in [0.25, 0.3) is 11.5 Å². The van der Waals surface area contributed by atoms with Crippen LogP contribution in [0.4, 0.5) is 10.1 Å². The summed E-state index contributed by atoms with van der Waals surface area (Å²) in [4.78, 5) is 29.1. The van der Waals surface area contributed by atoms with E-state index in [1.54, 1.807) is 55.1 Å². The lowest BCUT2D eigenvalue weighted by molar-refractivity contribution is 0.0983. The van der Waals surface area contributed by atoms with Gasteiger partial charge in [0.2, 0.25) is 0 Å². The van der Waals surface area contributed by atoms with Crippen LogP contribution in [0.1, 0.15) is 17.4 Å². The minimum absolute atomic E-state index is 0.137. The quantitative estimate of drug-likeness (QED) is 0.374. The number of anilines is 1. The van der Waals surface area contributed by atoms with Crippen LogP contribution in [0.25, 0.3) is 27.5 Å². The Morgan fingerprint density at radius 1 is 1.03 bits per heavy atom. The van der Waals surface area contributed by atoms with E-state index >= 15 is 0 Å². The summed E-state index contributed by atoms with van der Waals surface area (Å²) < 4.78 is 21.8. The molecule has 0 N–H and O–H groups in total. The second-order valence-corrected chi connectivity index (χ2v) is 8.09. The molecule has 0 aliphatic rings. The first-order valence-corrected chi connectivity index (χ1v) is 11.2. The number of rotatable bonds is 5. The van der Waals surface area contributed by atoms with Gasteiger partial charge < -0.3 is 14.2 Å². The van der Waals surface area contributed by atoms with Crippen molar-refractivity contribution in [3.8, 4) is 11.4 Å². The first-order chi connectivity index (χ1) is 16.9. The number of hydrogen-bond donors (Lipinski definition) is 0. The van der Waals surface area contributed by atoms with Crippen LogP contribution in [0.2, 0.25) is 0 Å². The number of amides is 1. The molecule has 176 valence electrons. The molecule has 2 aromatic heterocycles. The van der Waals surface area contributed by atoms with Crippen molar-refractivity contribution in [2.24, 2.45) is 7.05 Å². The largest absolute Gasteiger partial charge is 0.497 e. The van der Waals surface area contributed by atoms with Crippen molar-refractivity contribution in [2.75, 3.05) is 18.6 Å². The van der Waals surface area contributed by atoms with Gasteiger partial charge in [0.05, 0.1) is 12.8 Å². The number of para-hydroxylation sites is 1. The van der Waals surface area contributed by atoms with Crippen LogP contribution in [0, 0.1) is 5.82 Å². The Morgan fingerprint density at radius 2 is 1.71 bits per heavy atom. The fourth-order valence-electron chi connectivity index (χ4n) is 4.42. The Hall–Kier alpha value is -4.46. The lowest BCUT2D eigenvalue weighted by Crippen LogP contribution is -2.34. The summed E-state index contributed by atoms with van der Waals surface area (Å²) in [5, 5.41) is 5.83. The van der Waals surface area contributed by atoms with Crippen LogP contribution in [-0.4, -0.2) is 33.9 Å². The molecule has 0 radical (unpaired) electrons. The molecule has 7 nitrogen and oxygen atoms in total. The number of ether oxygens (including phenoxy) is 1. The standard InChI is InChI=1S/C27H23FN4O3/c1-4-31(18-11-9-17(28)10-12-18)26(33)24-23-21-7-5-6-8-22(21)30(2)25(23)27(34)32(29-24)19-13-15-20(35-3)16-14-19/h5-16H,4H2,1-3H3. The van der Waals surface area contributed by atoms with Crippen molar-refractivity contribution in [1.29, 1.82) is 0 Å². The fraction of sp³-hybridized carbons (Fsp3) is 0.148. The summed E-state index contributed by atoms with van der Waals surface area (Å²) in [6.07, 6.45) is 0. The average molecular weight is 471 g/mol. The highest BCUT2D eigenvalue weighted by atomic mass is 19.1. The maximum Gasteiger partial charge on any atom is 0.296 e. The van der Waals surface area contributed by atoms with Crippen LogP contribution in [-0.2, 0) is 7.05 Å². The van der Waals surface area contributed by atoms with Gasteiger partial charge in [-0.3, -0.25) is 9.59 Å². The Bertz CT molecular complexity index is 1620. The van der Waals surface area contributed by atoms with Crippen LogP contribution in [0.3, 0.4) is 0 Å². The summed E-state index contributed by atoms with van der Waals surface area (Å²) in [5.41, 5.74) is 2.02. The second-order valence-electron chi connectivity index (χ2n) is 8.09. The molecule has 2 heterocycles. The number of carbonyl (C=O) groups is 1. The number of carbonyl (C=O) groups excluding carboxylic acids is 1. The Morgan fingerprint density at radius 3 is 2.37 bits per heavy atom. The van der Waals surface area contributed by atoms with E-state index < -0.39 is 0 Å². The zero-order valence-electron chi connectivity index (χ0n) is 19.5. The Labute approximate surface area is 200 Å². The number of aryl methyl sites for hydroxylation is 1. The zero-order chi connectivity index (χ0) is 24.7. The highest BCUT2D eigenvalue weighted by molar-refractivity contribution is 6.20. The Balaban J connectivity index is 1.82. The van der Waals surface area contributed by atoms with Crippen molar-refractivity contribution in [3.05, 3.63) is 94.7 Å². The molecular formula is C27H23FN4O3. The van der Waals surface area contributed by atoms with E-state index in [9.17, 15) is 14.0 Å². The fourth-order valence-corrected chi connectivity index (χ4v) is 4.42. The predicted molar refractivity (Wildman–Crippen MR) is 134 cm³/mol. The molecule has 0 saturated heterocycles. The Kier molecular flexibility index (Phi) is 5.56. The van der Waals surface area contributed by atoms with Gasteiger partial charge in [-0.25, -0.2) is 4.39 Å². The average Bonchev–Trinajstić information content (AvgIpc) is 3.19. The molecule has 0 fully saturated rings. The second kappa shape index (κ2) is 8.72. The van der Waals surface area contributed by atoms with Gasteiger partial charge in [-0.15, -0.1) is 0 Å². The highest BCUT2D eigenvalue weighted by Crippen LogP contribution is 2.30. The molecule has 35 heavy (non-hydrogen) atoms. The van der Waals surface area contributed by atoms with Gasteiger partial charge in [0, 0.05) is 35.6 Å². The number of aromatic nitrogens is 3. The lowest BCUT2D eigenvalue weighted by Gasteiger charge is -2.21. The van der Waals surface area contributed by atoms with Crippen molar-refractivity contribution >= 4 is 33.4 Å². The van der Waals surface area contributed by atoms with E-state index in [4.69, 9.17) is 4.74 Å². The molecule has 0 aliphatic carbocycles. The molecule has 5 rings (SSSR count). The van der Waals surface area contributed by atoms with Gasteiger partial charge in [-0.2, -0.15) is 9.78 Å². The number of halogens is 1. The van der Waals surface area contributed by atoms with Gasteiger partial charge >= 0.3 is 0 Å². The predicted octanol–water partition coefficient (Wildman–Crippen LogP) is 4.69. The number of nitrogens with zero attached hydrogens (tertiary/aromatic N) is 4. The van der Waals surface area contributed by atoms with E-state index in [1.807, 2.05) is 31.2 Å². The maximum absolute atomic E-state index is 13.9. The zero-order valence-corrected chi connectivity index (χ0v) is 19.5. The summed E-state index contributed by atoms with van der Waals surface area (Å²) in [6.45, 7) is 2.17. The van der Waals surface area contributed by atoms with Crippen molar-refractivity contribution in [3.63, 3.8) is 0 Å². The SMILES string of the molecule is CCN(C(=O)c1nn(-c2ccc(OC)cc2)c(=O)c2c1c1ccccc1n2C)c1ccc(F)cc1. The molecular weight excluding hydrogens is 447 g/mol. The summed E-state index contributed by atoms with van der Waals surface area (Å²) in [6, 6.07) is 20.1. The molecule has 0 atom stereocenters. The highest BCUT2D eigenvalue weighted by Gasteiger charge is 2.27. The molecule has 3 aromatic carbocycles. The van der Waals surface area contributed by atoms with Crippen LogP contribution in [0.15, 0.2) is 77.6 Å². The van der Waals surface area contributed by atoms with Crippen molar-refractivity contribution in [1.82, 2.24) is 14.3 Å². The van der Waals surface area contributed by atoms with Crippen molar-refractivity contribution < 1.29 is 13.9 Å². The minimum atomic E-state index is -0.389. The molecule has 0 saturated carbocycles. The van der Waals surface area contributed by atoms with E-state index in [1.165, 1.54) is 21.7 Å². The molecule has 0 unspecified atom stereocenters. The minimum Gasteiger partial charge on any atom is -0.497 e. The first-order valence-electron chi connectivity index (χ1n) is 11.2. The monoisotopic (exact) mass is 470 g/mol. The third-order valence-corrected chi connectivity index (χ3v) is 6.16. The van der Waals surface area contributed by atoms with E-state index in [0.717, 1.165) is 10.9 Å². The van der Waals surface area contributed by atoms with E-state index in [0.29, 0.717) is 34.6 Å². The summed E-state index contributed by atoms with van der Waals surface area (Å²) >= 11 is 0. The molecule has 0 spiro atoms. The van der Waals surface area contributed by atoms with Gasteiger partial charge in [0.1, 0.15) is 17.1 Å². The van der Waals surface area contributed by atoms with Crippen molar-refractivity contribution in [2.45, 2.75) is 6.92 Å². The maximum atomic E-state index is 13.9. The number of fused-ring (bicyclic) bond motifs is 3. The third kappa shape index (κ3) is 3.63. The summed E-state index contributed by atoms with van der Waals surface area (Å²) in [5.74, 6) is -0.139. The van der Waals surface area contributed by atoms with Crippen LogP contribution >= 0.6 is 0 Å². The third-order valence-electron chi connectivity index (χ3n) is 6.16. The molecule has 1 amide bonds. The van der Waals surface area contributed by atoms with Gasteiger partial charge in [-0.1, -0.05) is 18.2 Å². The molecule has 0 bridgehead atoms. The topological polar surface area (TPSA) is 69.4 Å². The number of methoxy groups -OCH3 is 1. The molecule has 5 aromatic rings. The lowest BCUT2D eigenvalue weighted by atomic mass is 10.1.